The topological polar surface area (TPSA) is 108 Å². The van der Waals surface area contributed by atoms with Crippen molar-refractivity contribution in [1.82, 2.24) is 4.72 Å². The lowest BCUT2D eigenvalue weighted by molar-refractivity contribution is -0.144. The highest BCUT2D eigenvalue weighted by atomic mass is 32.2. The molecule has 9 heteroatoms. The van der Waals surface area contributed by atoms with Crippen LogP contribution in [0.25, 0.3) is 0 Å². The van der Waals surface area contributed by atoms with Crippen LogP contribution in [0.1, 0.15) is 63.9 Å². The average molecular weight is 486 g/mol. The van der Waals surface area contributed by atoms with Crippen LogP contribution in [0.3, 0.4) is 0 Å². The predicted molar refractivity (Wildman–Crippen MR) is 127 cm³/mol. The Kier molecular flexibility index (Phi) is 15.0. The second kappa shape index (κ2) is 16.9. The van der Waals surface area contributed by atoms with Gasteiger partial charge in [-0.25, -0.2) is 8.42 Å². The van der Waals surface area contributed by atoms with Gasteiger partial charge in [0.1, 0.15) is 12.6 Å². The Bertz CT molecular complexity index is 768. The maximum absolute atomic E-state index is 13.2. The number of carbonyl (C=O) groups excluding carboxylic acids is 2. The van der Waals surface area contributed by atoms with Gasteiger partial charge in [0.25, 0.3) is 0 Å². The molecule has 0 spiro atoms. The van der Waals surface area contributed by atoms with Crippen LogP contribution in [0.4, 0.5) is 0 Å². The molecular formula is C24H39NO7S. The molecule has 0 heterocycles. The van der Waals surface area contributed by atoms with E-state index in [4.69, 9.17) is 14.2 Å². The van der Waals surface area contributed by atoms with E-state index in [1.807, 2.05) is 6.92 Å². The fourth-order valence-corrected chi connectivity index (χ4v) is 4.35. The van der Waals surface area contributed by atoms with Crippen molar-refractivity contribution in [3.8, 4) is 0 Å². The van der Waals surface area contributed by atoms with Crippen molar-refractivity contribution in [3.05, 3.63) is 29.8 Å². The monoisotopic (exact) mass is 485 g/mol. The summed E-state index contributed by atoms with van der Waals surface area (Å²) in [4.78, 5) is 21.3. The maximum atomic E-state index is 13.2. The zero-order valence-electron chi connectivity index (χ0n) is 19.9. The molecule has 0 saturated carbocycles. The van der Waals surface area contributed by atoms with Gasteiger partial charge in [-0.1, -0.05) is 43.9 Å². The smallest absolute Gasteiger partial charge is 0.243 e. The molecule has 1 aromatic carbocycles. The van der Waals surface area contributed by atoms with Crippen molar-refractivity contribution in [3.63, 3.8) is 0 Å². The molecule has 0 aromatic heterocycles. The second-order valence-corrected chi connectivity index (χ2v) is 9.73. The van der Waals surface area contributed by atoms with Gasteiger partial charge in [-0.3, -0.25) is 0 Å². The lowest BCUT2D eigenvalue weighted by Crippen LogP contribution is -2.57. The van der Waals surface area contributed by atoms with Crippen LogP contribution in [0.2, 0.25) is 0 Å². The average Bonchev–Trinajstić information content (AvgIpc) is 2.79. The van der Waals surface area contributed by atoms with Gasteiger partial charge in [-0.2, -0.15) is 4.72 Å². The quantitative estimate of drug-likeness (QED) is 0.161. The first-order valence-corrected chi connectivity index (χ1v) is 13.1. The van der Waals surface area contributed by atoms with E-state index in [1.165, 1.54) is 12.1 Å². The van der Waals surface area contributed by atoms with E-state index < -0.39 is 15.7 Å². The summed E-state index contributed by atoms with van der Waals surface area (Å²) >= 11 is 0. The zero-order valence-corrected chi connectivity index (χ0v) is 20.7. The van der Waals surface area contributed by atoms with Crippen LogP contribution in [0.15, 0.2) is 29.2 Å². The molecule has 0 aliphatic rings. The van der Waals surface area contributed by atoms with Gasteiger partial charge in [0.2, 0.25) is 10.0 Å². The van der Waals surface area contributed by atoms with Crippen LogP contribution in [0.5, 0.6) is 0 Å². The third-order valence-electron chi connectivity index (χ3n) is 4.94. The van der Waals surface area contributed by atoms with Crippen LogP contribution in [-0.4, -0.2) is 59.7 Å². The summed E-state index contributed by atoms with van der Waals surface area (Å²) in [5.41, 5.74) is -0.494. The molecule has 188 valence electrons. The summed E-state index contributed by atoms with van der Waals surface area (Å²) in [6.07, 6.45) is 7.40. The third-order valence-corrected chi connectivity index (χ3v) is 6.47. The van der Waals surface area contributed by atoms with Gasteiger partial charge in [-0.15, -0.1) is 0 Å². The third kappa shape index (κ3) is 12.4. The highest BCUT2D eigenvalue weighted by Crippen LogP contribution is 2.18. The van der Waals surface area contributed by atoms with E-state index >= 15 is 0 Å². The highest BCUT2D eigenvalue weighted by Gasteiger charge is 2.37. The molecular weight excluding hydrogens is 446 g/mol. The van der Waals surface area contributed by atoms with E-state index in [0.29, 0.717) is 19.4 Å². The number of hydrogen-bond donors (Lipinski definition) is 1. The molecule has 33 heavy (non-hydrogen) atoms. The Morgan fingerprint density at radius 2 is 1.48 bits per heavy atom. The molecule has 0 saturated heterocycles. The van der Waals surface area contributed by atoms with Crippen molar-refractivity contribution in [2.24, 2.45) is 0 Å². The standard InChI is InChI=1S/C24H39NO7S/c1-3-4-8-17-30-20-24(21-31-18-10-16-27,32-19-9-6-5-7-15-26)25-33(28,29)23-13-11-22(2)12-14-23/h11-16,25H,3-10,17-21H2,1-2H3. The van der Waals surface area contributed by atoms with Crippen molar-refractivity contribution in [2.45, 2.75) is 75.8 Å². The Labute approximate surface area is 198 Å². The largest absolute Gasteiger partial charge is 0.377 e. The van der Waals surface area contributed by atoms with Crippen molar-refractivity contribution < 1.29 is 32.2 Å². The first kappa shape index (κ1) is 29.4. The number of aryl methyl sites for hydroxylation is 1. The zero-order chi connectivity index (χ0) is 24.4. The number of rotatable bonds is 21. The molecule has 1 atom stereocenters. The van der Waals surface area contributed by atoms with Gasteiger partial charge < -0.3 is 23.8 Å². The number of carbonyl (C=O) groups is 2. The molecule has 0 fully saturated rings. The van der Waals surface area contributed by atoms with Gasteiger partial charge in [0.15, 0.2) is 5.72 Å². The maximum Gasteiger partial charge on any atom is 0.243 e. The molecule has 0 aliphatic heterocycles. The number of ether oxygens (including phenoxy) is 3. The van der Waals surface area contributed by atoms with E-state index in [0.717, 1.165) is 50.2 Å². The lowest BCUT2D eigenvalue weighted by Gasteiger charge is -2.34. The van der Waals surface area contributed by atoms with Crippen molar-refractivity contribution >= 4 is 22.6 Å². The lowest BCUT2D eigenvalue weighted by atomic mass is 10.2. The number of sulfonamides is 1. The second-order valence-electron chi connectivity index (χ2n) is 8.04. The first-order chi connectivity index (χ1) is 15.9. The minimum absolute atomic E-state index is 0.0305. The molecule has 8 nitrogen and oxygen atoms in total. The van der Waals surface area contributed by atoms with Gasteiger partial charge in [0.05, 0.1) is 24.7 Å². The molecule has 1 aromatic rings. The minimum Gasteiger partial charge on any atom is -0.377 e. The Morgan fingerprint density at radius 1 is 0.848 bits per heavy atom. The number of hydrogen-bond acceptors (Lipinski definition) is 7. The number of aldehydes is 2. The summed E-state index contributed by atoms with van der Waals surface area (Å²) in [6.45, 7) is 4.73. The summed E-state index contributed by atoms with van der Waals surface area (Å²) in [6, 6.07) is 6.53. The first-order valence-electron chi connectivity index (χ1n) is 11.7. The van der Waals surface area contributed by atoms with Gasteiger partial charge in [0, 0.05) is 26.1 Å². The molecule has 0 bridgehead atoms. The Morgan fingerprint density at radius 3 is 2.12 bits per heavy atom. The Balaban J connectivity index is 3.01. The molecule has 0 radical (unpaired) electrons. The van der Waals surface area contributed by atoms with Crippen molar-refractivity contribution in [2.75, 3.05) is 33.0 Å². The Hall–Kier alpha value is -1.65. The summed E-state index contributed by atoms with van der Waals surface area (Å²) in [5.74, 6) is 0. The molecule has 1 rings (SSSR count). The van der Waals surface area contributed by atoms with Crippen LogP contribution < -0.4 is 4.72 Å². The van der Waals surface area contributed by atoms with E-state index in [9.17, 15) is 18.0 Å². The van der Waals surface area contributed by atoms with Crippen LogP contribution >= 0.6 is 0 Å². The predicted octanol–water partition coefficient (Wildman–Crippen LogP) is 3.56. The molecule has 0 aliphatic carbocycles. The fraction of sp³-hybridized carbons (Fsp3) is 0.667. The highest BCUT2D eigenvalue weighted by molar-refractivity contribution is 7.89. The normalized spacial score (nSPS) is 13.5. The van der Waals surface area contributed by atoms with E-state index in [1.54, 1.807) is 12.1 Å². The summed E-state index contributed by atoms with van der Waals surface area (Å²) < 4.78 is 46.5. The van der Waals surface area contributed by atoms with Crippen LogP contribution in [-0.2, 0) is 33.8 Å². The molecule has 1 N–H and O–H groups in total. The summed E-state index contributed by atoms with van der Waals surface area (Å²) in [5, 5.41) is 0. The SMILES string of the molecule is CCCCCOCC(COCCC=O)(NS(=O)(=O)c1ccc(C)cc1)OCCCCCC=O. The number of nitrogens with one attached hydrogen (secondary N) is 1. The van der Waals surface area contributed by atoms with E-state index in [2.05, 4.69) is 11.6 Å². The molecule has 0 amide bonds. The van der Waals surface area contributed by atoms with Crippen LogP contribution in [0, 0.1) is 6.92 Å². The molecule has 1 unspecified atom stereocenters. The minimum atomic E-state index is -3.93. The van der Waals surface area contributed by atoms with Gasteiger partial charge >= 0.3 is 0 Å². The van der Waals surface area contributed by atoms with Gasteiger partial charge in [-0.05, 0) is 38.3 Å². The van der Waals surface area contributed by atoms with E-state index in [-0.39, 0.29) is 37.7 Å². The fourth-order valence-electron chi connectivity index (χ4n) is 3.07. The number of unbranched alkanes of at least 4 members (excludes halogenated alkanes) is 5. The van der Waals surface area contributed by atoms with Crippen molar-refractivity contribution in [1.29, 1.82) is 0 Å². The summed E-state index contributed by atoms with van der Waals surface area (Å²) in [7, 11) is -3.93. The number of benzene rings is 1.